The second kappa shape index (κ2) is 3.97. The largest absolute Gasteiger partial charge is 0.315 e. The highest BCUT2D eigenvalue weighted by Crippen LogP contribution is 2.33. The van der Waals surface area contributed by atoms with E-state index in [2.05, 4.69) is 17.1 Å². The molecule has 2 heteroatoms. The Morgan fingerprint density at radius 3 is 2.85 bits per heavy atom. The van der Waals surface area contributed by atoms with E-state index in [0.29, 0.717) is 5.41 Å². The maximum Gasteiger partial charge on any atom is 0.00802 e. The van der Waals surface area contributed by atoms with E-state index >= 15 is 0 Å². The second-order valence-corrected chi connectivity index (χ2v) is 4.84. The zero-order valence-corrected chi connectivity index (χ0v) is 8.81. The average molecular weight is 182 g/mol. The van der Waals surface area contributed by atoms with Crippen LogP contribution in [-0.4, -0.2) is 37.6 Å². The fourth-order valence-corrected chi connectivity index (χ4v) is 2.65. The highest BCUT2D eigenvalue weighted by atomic mass is 15.2. The van der Waals surface area contributed by atoms with Crippen LogP contribution in [0.3, 0.4) is 0 Å². The highest BCUT2D eigenvalue weighted by Gasteiger charge is 2.39. The van der Waals surface area contributed by atoms with Crippen molar-refractivity contribution >= 4 is 0 Å². The lowest BCUT2D eigenvalue weighted by Crippen LogP contribution is -2.61. The predicted octanol–water partition coefficient (Wildman–Crippen LogP) is 1.47. The van der Waals surface area contributed by atoms with Crippen LogP contribution in [0.15, 0.2) is 0 Å². The predicted molar refractivity (Wildman–Crippen MR) is 55.9 cm³/mol. The van der Waals surface area contributed by atoms with E-state index in [0.717, 1.165) is 0 Å². The summed E-state index contributed by atoms with van der Waals surface area (Å²) in [4.78, 5) is 2.67. The Labute approximate surface area is 81.7 Å². The van der Waals surface area contributed by atoms with Gasteiger partial charge in [-0.05, 0) is 32.4 Å². The van der Waals surface area contributed by atoms with Crippen LogP contribution in [0.1, 0.15) is 32.6 Å². The molecule has 0 aliphatic carbocycles. The first-order valence-corrected chi connectivity index (χ1v) is 5.78. The van der Waals surface area contributed by atoms with E-state index in [9.17, 15) is 0 Å². The van der Waals surface area contributed by atoms with E-state index in [4.69, 9.17) is 0 Å². The normalized spacial score (nSPS) is 27.5. The molecular formula is C11H22N2. The zero-order valence-electron chi connectivity index (χ0n) is 8.81. The van der Waals surface area contributed by atoms with E-state index in [-0.39, 0.29) is 0 Å². The summed E-state index contributed by atoms with van der Waals surface area (Å²) in [5, 5.41) is 3.42. The van der Waals surface area contributed by atoms with Gasteiger partial charge in [-0.2, -0.15) is 0 Å². The van der Waals surface area contributed by atoms with Gasteiger partial charge in [0.2, 0.25) is 0 Å². The summed E-state index contributed by atoms with van der Waals surface area (Å²) in [6.07, 6.45) is 5.60. The molecule has 2 nitrogen and oxygen atoms in total. The topological polar surface area (TPSA) is 15.3 Å². The molecule has 2 heterocycles. The maximum absolute atomic E-state index is 3.42. The minimum Gasteiger partial charge on any atom is -0.315 e. The minimum absolute atomic E-state index is 0.686. The highest BCUT2D eigenvalue weighted by molar-refractivity contribution is 4.96. The summed E-state index contributed by atoms with van der Waals surface area (Å²) in [6.45, 7) is 8.87. The van der Waals surface area contributed by atoms with Crippen molar-refractivity contribution in [2.24, 2.45) is 5.41 Å². The average Bonchev–Trinajstić information content (AvgIpc) is 2.13. The van der Waals surface area contributed by atoms with Gasteiger partial charge < -0.3 is 10.2 Å². The van der Waals surface area contributed by atoms with E-state index in [1.807, 2.05) is 0 Å². The molecule has 1 spiro atoms. The number of piperidine rings is 1. The summed E-state index contributed by atoms with van der Waals surface area (Å²) < 4.78 is 0. The van der Waals surface area contributed by atoms with Crippen LogP contribution in [0.25, 0.3) is 0 Å². The van der Waals surface area contributed by atoms with Crippen molar-refractivity contribution in [3.8, 4) is 0 Å². The summed E-state index contributed by atoms with van der Waals surface area (Å²) >= 11 is 0. The quantitative estimate of drug-likeness (QED) is 0.711. The van der Waals surface area contributed by atoms with Gasteiger partial charge in [0.25, 0.3) is 0 Å². The first-order valence-electron chi connectivity index (χ1n) is 5.78. The molecular weight excluding hydrogens is 160 g/mol. The summed E-state index contributed by atoms with van der Waals surface area (Å²) in [5.41, 5.74) is 0.686. The van der Waals surface area contributed by atoms with Crippen molar-refractivity contribution in [3.63, 3.8) is 0 Å². The van der Waals surface area contributed by atoms with Gasteiger partial charge in [0, 0.05) is 25.0 Å². The molecule has 0 radical (unpaired) electrons. The molecule has 0 unspecified atom stereocenters. The lowest BCUT2D eigenvalue weighted by atomic mass is 9.75. The monoisotopic (exact) mass is 182 g/mol. The Balaban J connectivity index is 1.78. The van der Waals surface area contributed by atoms with Gasteiger partial charge in [0.1, 0.15) is 0 Å². The lowest BCUT2D eigenvalue weighted by Gasteiger charge is -2.49. The van der Waals surface area contributed by atoms with Gasteiger partial charge in [0.05, 0.1) is 0 Å². The Morgan fingerprint density at radius 2 is 2.23 bits per heavy atom. The van der Waals surface area contributed by atoms with E-state index in [1.54, 1.807) is 0 Å². The summed E-state index contributed by atoms with van der Waals surface area (Å²) in [5.74, 6) is 0. The number of likely N-dealkylation sites (tertiary alicyclic amines) is 1. The van der Waals surface area contributed by atoms with Crippen LogP contribution in [0.4, 0.5) is 0 Å². The maximum atomic E-state index is 3.42. The van der Waals surface area contributed by atoms with Crippen molar-refractivity contribution in [3.05, 3.63) is 0 Å². The molecule has 2 aliphatic rings. The van der Waals surface area contributed by atoms with E-state index in [1.165, 1.54) is 58.4 Å². The van der Waals surface area contributed by atoms with Crippen molar-refractivity contribution in [2.75, 3.05) is 32.7 Å². The van der Waals surface area contributed by atoms with Gasteiger partial charge >= 0.3 is 0 Å². The smallest absolute Gasteiger partial charge is 0.00802 e. The van der Waals surface area contributed by atoms with Gasteiger partial charge in [-0.25, -0.2) is 0 Å². The molecule has 0 aromatic heterocycles. The number of nitrogens with one attached hydrogen (secondary N) is 1. The molecule has 0 aromatic rings. The van der Waals surface area contributed by atoms with Gasteiger partial charge in [0.15, 0.2) is 0 Å². The van der Waals surface area contributed by atoms with Gasteiger partial charge in [-0.1, -0.05) is 13.3 Å². The Morgan fingerprint density at radius 1 is 1.38 bits per heavy atom. The molecule has 0 bridgehead atoms. The molecule has 2 saturated heterocycles. The number of hydrogen-bond donors (Lipinski definition) is 1. The number of rotatable bonds is 3. The second-order valence-electron chi connectivity index (χ2n) is 4.84. The van der Waals surface area contributed by atoms with Crippen LogP contribution >= 0.6 is 0 Å². The van der Waals surface area contributed by atoms with E-state index < -0.39 is 0 Å². The third kappa shape index (κ3) is 2.05. The fraction of sp³-hybridized carbons (Fsp3) is 1.00. The van der Waals surface area contributed by atoms with Crippen molar-refractivity contribution in [1.82, 2.24) is 10.2 Å². The van der Waals surface area contributed by atoms with Crippen LogP contribution in [0.2, 0.25) is 0 Å². The molecule has 0 amide bonds. The van der Waals surface area contributed by atoms with Gasteiger partial charge in [-0.15, -0.1) is 0 Å². The molecule has 1 N–H and O–H groups in total. The molecule has 0 saturated carbocycles. The molecule has 0 aromatic carbocycles. The molecule has 2 rings (SSSR count). The number of unbranched alkanes of at least 4 members (excludes halogenated alkanes) is 1. The molecule has 0 atom stereocenters. The van der Waals surface area contributed by atoms with Crippen LogP contribution in [0.5, 0.6) is 0 Å². The Bertz CT molecular complexity index is 163. The SMILES string of the molecule is CCCCN1CCCC2(CNC2)C1. The zero-order chi connectivity index (χ0) is 9.15. The van der Waals surface area contributed by atoms with Crippen LogP contribution < -0.4 is 5.32 Å². The fourth-order valence-electron chi connectivity index (χ4n) is 2.65. The lowest BCUT2D eigenvalue weighted by molar-refractivity contribution is 0.0410. The van der Waals surface area contributed by atoms with Crippen LogP contribution in [-0.2, 0) is 0 Å². The number of nitrogens with zero attached hydrogens (tertiary/aromatic N) is 1. The summed E-state index contributed by atoms with van der Waals surface area (Å²) in [7, 11) is 0. The third-order valence-corrected chi connectivity index (χ3v) is 3.57. The first-order chi connectivity index (χ1) is 6.35. The van der Waals surface area contributed by atoms with Crippen LogP contribution in [0, 0.1) is 5.41 Å². The first kappa shape index (κ1) is 9.47. The Hall–Kier alpha value is -0.0800. The van der Waals surface area contributed by atoms with Gasteiger partial charge in [-0.3, -0.25) is 0 Å². The standard InChI is InChI=1S/C11H22N2/c1-2-3-6-13-7-4-5-11(10-13)8-12-9-11/h12H,2-10H2,1H3. The third-order valence-electron chi connectivity index (χ3n) is 3.57. The minimum atomic E-state index is 0.686. The number of hydrogen-bond acceptors (Lipinski definition) is 2. The van der Waals surface area contributed by atoms with Crippen molar-refractivity contribution < 1.29 is 0 Å². The molecule has 2 fully saturated rings. The molecule has 76 valence electrons. The Kier molecular flexibility index (Phi) is 2.89. The molecule has 13 heavy (non-hydrogen) atoms. The van der Waals surface area contributed by atoms with Crippen molar-refractivity contribution in [2.45, 2.75) is 32.6 Å². The molecule has 2 aliphatic heterocycles. The summed E-state index contributed by atoms with van der Waals surface area (Å²) in [6, 6.07) is 0. The van der Waals surface area contributed by atoms with Crippen molar-refractivity contribution in [1.29, 1.82) is 0 Å².